The molecule has 0 fully saturated rings. The van der Waals surface area contributed by atoms with E-state index < -0.39 is 5.97 Å². The highest BCUT2D eigenvalue weighted by molar-refractivity contribution is 5.87. The third-order valence-electron chi connectivity index (χ3n) is 3.15. The SMILES string of the molecule is CCc1cc(-c2cc(C(=O)O)nn2C)c(C)cc1F. The molecule has 1 N–H and O–H groups in total. The first-order chi connectivity index (χ1) is 8.93. The minimum Gasteiger partial charge on any atom is -0.476 e. The first kappa shape index (κ1) is 13.3. The highest BCUT2D eigenvalue weighted by atomic mass is 19.1. The van der Waals surface area contributed by atoms with Gasteiger partial charge in [0.2, 0.25) is 0 Å². The number of rotatable bonds is 3. The van der Waals surface area contributed by atoms with Gasteiger partial charge in [0.25, 0.3) is 0 Å². The molecule has 0 radical (unpaired) electrons. The summed E-state index contributed by atoms with van der Waals surface area (Å²) in [6.45, 7) is 3.68. The molecule has 0 spiro atoms. The Morgan fingerprint density at radius 2 is 2.11 bits per heavy atom. The van der Waals surface area contributed by atoms with Gasteiger partial charge in [-0.1, -0.05) is 6.92 Å². The van der Waals surface area contributed by atoms with Crippen molar-refractivity contribution in [2.24, 2.45) is 7.05 Å². The van der Waals surface area contributed by atoms with Crippen LogP contribution < -0.4 is 0 Å². The fourth-order valence-electron chi connectivity index (χ4n) is 2.09. The summed E-state index contributed by atoms with van der Waals surface area (Å²) >= 11 is 0. The lowest BCUT2D eigenvalue weighted by atomic mass is 10.00. The minimum atomic E-state index is -1.07. The lowest BCUT2D eigenvalue weighted by Gasteiger charge is -2.09. The molecular weight excluding hydrogens is 247 g/mol. The van der Waals surface area contributed by atoms with E-state index in [0.29, 0.717) is 17.7 Å². The molecule has 1 aromatic heterocycles. The van der Waals surface area contributed by atoms with E-state index in [2.05, 4.69) is 5.10 Å². The van der Waals surface area contributed by atoms with E-state index in [1.807, 2.05) is 6.92 Å². The molecule has 19 heavy (non-hydrogen) atoms. The molecule has 1 heterocycles. The van der Waals surface area contributed by atoms with E-state index in [4.69, 9.17) is 5.11 Å². The zero-order valence-corrected chi connectivity index (χ0v) is 11.1. The molecule has 2 aromatic rings. The largest absolute Gasteiger partial charge is 0.476 e. The Labute approximate surface area is 110 Å². The predicted molar refractivity (Wildman–Crippen MR) is 69.7 cm³/mol. The van der Waals surface area contributed by atoms with Gasteiger partial charge in [-0.15, -0.1) is 0 Å². The molecule has 5 heteroatoms. The number of hydrogen-bond acceptors (Lipinski definition) is 2. The number of hydrogen-bond donors (Lipinski definition) is 1. The fourth-order valence-corrected chi connectivity index (χ4v) is 2.09. The van der Waals surface area contributed by atoms with E-state index >= 15 is 0 Å². The van der Waals surface area contributed by atoms with E-state index in [-0.39, 0.29) is 11.5 Å². The zero-order chi connectivity index (χ0) is 14.2. The van der Waals surface area contributed by atoms with Gasteiger partial charge in [0.15, 0.2) is 5.69 Å². The monoisotopic (exact) mass is 262 g/mol. The number of aromatic carboxylic acids is 1. The van der Waals surface area contributed by atoms with Gasteiger partial charge in [0.1, 0.15) is 5.82 Å². The van der Waals surface area contributed by atoms with Crippen LogP contribution in [0.5, 0.6) is 0 Å². The van der Waals surface area contributed by atoms with Crippen molar-refractivity contribution in [3.63, 3.8) is 0 Å². The quantitative estimate of drug-likeness (QED) is 0.925. The van der Waals surface area contributed by atoms with Crippen LogP contribution in [0.1, 0.15) is 28.5 Å². The number of nitrogens with zero attached hydrogens (tertiary/aromatic N) is 2. The standard InChI is InChI=1S/C14H15FN2O2/c1-4-9-6-10(8(2)5-11(9)15)13-7-12(14(18)19)16-17(13)3/h5-7H,4H2,1-3H3,(H,18,19). The first-order valence-electron chi connectivity index (χ1n) is 6.00. The van der Waals surface area contributed by atoms with Crippen molar-refractivity contribution < 1.29 is 14.3 Å². The summed E-state index contributed by atoms with van der Waals surface area (Å²) in [5.74, 6) is -1.30. The summed E-state index contributed by atoms with van der Waals surface area (Å²) in [6, 6.07) is 4.73. The van der Waals surface area contributed by atoms with Crippen LogP contribution >= 0.6 is 0 Å². The maximum atomic E-state index is 13.7. The van der Waals surface area contributed by atoms with E-state index in [0.717, 1.165) is 11.1 Å². The summed E-state index contributed by atoms with van der Waals surface area (Å²) in [5, 5.41) is 12.9. The van der Waals surface area contributed by atoms with E-state index in [1.165, 1.54) is 16.8 Å². The molecule has 1 aromatic carbocycles. The van der Waals surface area contributed by atoms with Crippen molar-refractivity contribution in [3.05, 3.63) is 40.8 Å². The molecule has 0 amide bonds. The van der Waals surface area contributed by atoms with Crippen LogP contribution in [0.2, 0.25) is 0 Å². The first-order valence-corrected chi connectivity index (χ1v) is 6.00. The van der Waals surface area contributed by atoms with Gasteiger partial charge in [0.05, 0.1) is 5.69 Å². The summed E-state index contributed by atoms with van der Waals surface area (Å²) in [4.78, 5) is 10.9. The van der Waals surface area contributed by atoms with Gasteiger partial charge in [-0.25, -0.2) is 9.18 Å². The molecule has 0 saturated carbocycles. The van der Waals surface area contributed by atoms with Crippen molar-refractivity contribution in [2.75, 3.05) is 0 Å². The maximum Gasteiger partial charge on any atom is 0.356 e. The zero-order valence-electron chi connectivity index (χ0n) is 11.1. The lowest BCUT2D eigenvalue weighted by Crippen LogP contribution is -2.00. The maximum absolute atomic E-state index is 13.7. The van der Waals surface area contributed by atoms with Crippen molar-refractivity contribution in [1.82, 2.24) is 9.78 Å². The molecule has 0 atom stereocenters. The summed E-state index contributed by atoms with van der Waals surface area (Å²) in [5.41, 5.74) is 2.83. The van der Waals surface area contributed by atoms with Gasteiger partial charge < -0.3 is 5.11 Å². The minimum absolute atomic E-state index is 0.0146. The van der Waals surface area contributed by atoms with Crippen LogP contribution in [-0.4, -0.2) is 20.9 Å². The highest BCUT2D eigenvalue weighted by Gasteiger charge is 2.15. The van der Waals surface area contributed by atoms with Gasteiger partial charge in [-0.3, -0.25) is 4.68 Å². The van der Waals surface area contributed by atoms with Crippen LogP contribution in [0.15, 0.2) is 18.2 Å². The average molecular weight is 262 g/mol. The molecule has 0 aliphatic carbocycles. The topological polar surface area (TPSA) is 55.1 Å². The molecule has 0 aliphatic rings. The molecule has 0 unspecified atom stereocenters. The van der Waals surface area contributed by atoms with Crippen molar-refractivity contribution in [2.45, 2.75) is 20.3 Å². The van der Waals surface area contributed by atoms with Gasteiger partial charge in [0, 0.05) is 12.6 Å². The Balaban J connectivity index is 2.61. The normalized spacial score (nSPS) is 10.7. The van der Waals surface area contributed by atoms with E-state index in [1.54, 1.807) is 20.0 Å². The van der Waals surface area contributed by atoms with Crippen LogP contribution in [0.4, 0.5) is 4.39 Å². The third kappa shape index (κ3) is 2.36. The molecule has 0 bridgehead atoms. The molecular formula is C14H15FN2O2. The number of carboxylic acids is 1. The fraction of sp³-hybridized carbons (Fsp3) is 0.286. The average Bonchev–Trinajstić information content (AvgIpc) is 2.72. The second-order valence-corrected chi connectivity index (χ2v) is 4.46. The Bertz CT molecular complexity index is 647. The second-order valence-electron chi connectivity index (χ2n) is 4.46. The molecule has 100 valence electrons. The second kappa shape index (κ2) is 4.84. The van der Waals surface area contributed by atoms with Crippen molar-refractivity contribution in [3.8, 4) is 11.3 Å². The molecule has 0 aliphatic heterocycles. The van der Waals surface area contributed by atoms with Gasteiger partial charge >= 0.3 is 5.97 Å². The molecule has 0 saturated heterocycles. The number of halogens is 1. The van der Waals surface area contributed by atoms with Crippen LogP contribution in [-0.2, 0) is 13.5 Å². The number of benzene rings is 1. The number of aromatic nitrogens is 2. The Morgan fingerprint density at radius 3 is 2.63 bits per heavy atom. The number of aryl methyl sites for hydroxylation is 3. The Hall–Kier alpha value is -2.17. The Morgan fingerprint density at radius 1 is 1.42 bits per heavy atom. The van der Waals surface area contributed by atoms with Crippen LogP contribution in [0, 0.1) is 12.7 Å². The van der Waals surface area contributed by atoms with Crippen molar-refractivity contribution in [1.29, 1.82) is 0 Å². The summed E-state index contributed by atoms with van der Waals surface area (Å²) in [6.07, 6.45) is 0.586. The van der Waals surface area contributed by atoms with Gasteiger partial charge in [-0.2, -0.15) is 5.10 Å². The smallest absolute Gasteiger partial charge is 0.356 e. The molecule has 2 rings (SSSR count). The van der Waals surface area contributed by atoms with Crippen LogP contribution in [0.25, 0.3) is 11.3 Å². The highest BCUT2D eigenvalue weighted by Crippen LogP contribution is 2.27. The number of carbonyl (C=O) groups is 1. The summed E-state index contributed by atoms with van der Waals surface area (Å²) in [7, 11) is 1.68. The van der Waals surface area contributed by atoms with Crippen molar-refractivity contribution >= 4 is 5.97 Å². The van der Waals surface area contributed by atoms with Crippen LogP contribution in [0.3, 0.4) is 0 Å². The third-order valence-corrected chi connectivity index (χ3v) is 3.15. The van der Waals surface area contributed by atoms with Gasteiger partial charge in [-0.05, 0) is 42.7 Å². The van der Waals surface area contributed by atoms with E-state index in [9.17, 15) is 9.18 Å². The molecule has 4 nitrogen and oxygen atoms in total. The summed E-state index contributed by atoms with van der Waals surface area (Å²) < 4.78 is 15.2. The predicted octanol–water partition coefficient (Wildman–Crippen LogP) is 2.80. The Kier molecular flexibility index (Phi) is 3.38. The number of carboxylic acid groups (broad SMARTS) is 1. The lowest BCUT2D eigenvalue weighted by molar-refractivity contribution is 0.0689.